The third kappa shape index (κ3) is 3.27. The number of carboxylic acids is 1. The van der Waals surface area contributed by atoms with Gasteiger partial charge in [0.2, 0.25) is 0 Å². The standard InChI is InChI=1S/C13H19N3O3S/c1-8(10-15-9(6-20-10)11(17)18)14-12(19)16-5-4-13(2,3)7-16/h6,8H,4-5,7H2,1-3H3,(H,14,19)(H,17,18). The average molecular weight is 297 g/mol. The molecule has 1 aromatic heterocycles. The van der Waals surface area contributed by atoms with Crippen LogP contribution in [0, 0.1) is 5.41 Å². The van der Waals surface area contributed by atoms with Crippen molar-refractivity contribution < 1.29 is 14.7 Å². The summed E-state index contributed by atoms with van der Waals surface area (Å²) in [5, 5.41) is 13.8. The molecule has 7 heteroatoms. The van der Waals surface area contributed by atoms with Crippen LogP contribution >= 0.6 is 11.3 Å². The van der Waals surface area contributed by atoms with Crippen LogP contribution in [0.3, 0.4) is 0 Å². The molecule has 1 aromatic rings. The molecule has 2 amide bonds. The fourth-order valence-electron chi connectivity index (χ4n) is 2.21. The van der Waals surface area contributed by atoms with Crippen molar-refractivity contribution in [2.75, 3.05) is 13.1 Å². The molecule has 1 aliphatic rings. The van der Waals surface area contributed by atoms with Crippen molar-refractivity contribution in [2.24, 2.45) is 5.41 Å². The molecule has 1 unspecified atom stereocenters. The number of hydrogen-bond acceptors (Lipinski definition) is 4. The Hall–Kier alpha value is -1.63. The number of likely N-dealkylation sites (tertiary alicyclic amines) is 1. The molecule has 20 heavy (non-hydrogen) atoms. The topological polar surface area (TPSA) is 82.5 Å². The smallest absolute Gasteiger partial charge is 0.355 e. The summed E-state index contributed by atoms with van der Waals surface area (Å²) in [6.07, 6.45) is 0.995. The van der Waals surface area contributed by atoms with E-state index in [2.05, 4.69) is 24.1 Å². The number of hydrogen-bond donors (Lipinski definition) is 2. The van der Waals surface area contributed by atoms with Gasteiger partial charge in [0.15, 0.2) is 5.69 Å². The Kier molecular flexibility index (Phi) is 3.99. The zero-order valence-corrected chi connectivity index (χ0v) is 12.7. The minimum Gasteiger partial charge on any atom is -0.476 e. The van der Waals surface area contributed by atoms with Gasteiger partial charge in [0.25, 0.3) is 0 Å². The summed E-state index contributed by atoms with van der Waals surface area (Å²) >= 11 is 1.25. The van der Waals surface area contributed by atoms with E-state index in [0.29, 0.717) is 5.01 Å². The predicted octanol–water partition coefficient (Wildman–Crippen LogP) is 2.34. The number of rotatable bonds is 3. The number of amides is 2. The van der Waals surface area contributed by atoms with E-state index in [-0.39, 0.29) is 23.2 Å². The number of nitrogens with one attached hydrogen (secondary N) is 1. The third-order valence-corrected chi connectivity index (χ3v) is 4.44. The van der Waals surface area contributed by atoms with Crippen LogP contribution in [0.25, 0.3) is 0 Å². The average Bonchev–Trinajstić information content (AvgIpc) is 2.95. The molecule has 2 N–H and O–H groups in total. The van der Waals surface area contributed by atoms with Crippen LogP contribution in [0.2, 0.25) is 0 Å². The quantitative estimate of drug-likeness (QED) is 0.897. The normalized spacial score (nSPS) is 18.9. The van der Waals surface area contributed by atoms with Crippen LogP contribution in [0.1, 0.15) is 48.7 Å². The van der Waals surface area contributed by atoms with E-state index in [1.807, 2.05) is 6.92 Å². The van der Waals surface area contributed by atoms with Crippen molar-refractivity contribution in [1.82, 2.24) is 15.2 Å². The summed E-state index contributed by atoms with van der Waals surface area (Å²) in [5.74, 6) is -1.05. The Balaban J connectivity index is 1.95. The van der Waals surface area contributed by atoms with Crippen LogP contribution in [0.4, 0.5) is 4.79 Å². The number of carbonyl (C=O) groups excluding carboxylic acids is 1. The lowest BCUT2D eigenvalue weighted by atomic mass is 9.93. The number of carbonyl (C=O) groups is 2. The third-order valence-electron chi connectivity index (χ3n) is 3.42. The zero-order valence-electron chi connectivity index (χ0n) is 11.8. The SMILES string of the molecule is CC(NC(=O)N1CCC(C)(C)C1)c1nc(C(=O)O)cs1. The van der Waals surface area contributed by atoms with Gasteiger partial charge in [-0.15, -0.1) is 11.3 Å². The molecule has 0 aliphatic carbocycles. The second kappa shape index (κ2) is 5.40. The van der Waals surface area contributed by atoms with E-state index in [1.54, 1.807) is 4.90 Å². The number of aromatic nitrogens is 1. The van der Waals surface area contributed by atoms with Crippen molar-refractivity contribution in [1.29, 1.82) is 0 Å². The van der Waals surface area contributed by atoms with Crippen LogP contribution in [0.15, 0.2) is 5.38 Å². The minimum absolute atomic E-state index is 0.0217. The molecule has 110 valence electrons. The number of urea groups is 1. The molecule has 1 fully saturated rings. The first kappa shape index (κ1) is 14.8. The largest absolute Gasteiger partial charge is 0.476 e. The van der Waals surface area contributed by atoms with Gasteiger partial charge < -0.3 is 15.3 Å². The van der Waals surface area contributed by atoms with Crippen LogP contribution in [-0.4, -0.2) is 40.1 Å². The molecule has 1 saturated heterocycles. The predicted molar refractivity (Wildman–Crippen MR) is 76.0 cm³/mol. The number of carboxylic acid groups (broad SMARTS) is 1. The maximum absolute atomic E-state index is 12.1. The highest BCUT2D eigenvalue weighted by molar-refractivity contribution is 7.09. The Bertz CT molecular complexity index is 527. The summed E-state index contributed by atoms with van der Waals surface area (Å²) in [7, 11) is 0. The molecule has 0 bridgehead atoms. The molecular formula is C13H19N3O3S. The summed E-state index contributed by atoms with van der Waals surface area (Å²) in [5.41, 5.74) is 0.187. The van der Waals surface area contributed by atoms with Gasteiger partial charge in [-0.2, -0.15) is 0 Å². The maximum atomic E-state index is 12.1. The maximum Gasteiger partial charge on any atom is 0.355 e. The monoisotopic (exact) mass is 297 g/mol. The Labute approximate surface area is 121 Å². The molecular weight excluding hydrogens is 278 g/mol. The van der Waals surface area contributed by atoms with Gasteiger partial charge in [0.05, 0.1) is 6.04 Å². The van der Waals surface area contributed by atoms with Crippen molar-refractivity contribution in [2.45, 2.75) is 33.2 Å². The van der Waals surface area contributed by atoms with E-state index in [0.717, 1.165) is 19.5 Å². The lowest BCUT2D eigenvalue weighted by Crippen LogP contribution is -2.40. The molecule has 0 aromatic carbocycles. The van der Waals surface area contributed by atoms with Crippen molar-refractivity contribution in [3.05, 3.63) is 16.1 Å². The van der Waals surface area contributed by atoms with Crippen molar-refractivity contribution >= 4 is 23.3 Å². The molecule has 2 rings (SSSR count). The van der Waals surface area contributed by atoms with E-state index in [9.17, 15) is 9.59 Å². The molecule has 2 heterocycles. The second-order valence-corrected chi connectivity index (χ2v) is 6.77. The molecule has 1 atom stereocenters. The summed E-state index contributed by atoms with van der Waals surface area (Å²) in [4.78, 5) is 28.7. The Morgan fingerprint density at radius 2 is 2.25 bits per heavy atom. The summed E-state index contributed by atoms with van der Waals surface area (Å²) in [6.45, 7) is 7.59. The molecule has 6 nitrogen and oxygen atoms in total. The lowest BCUT2D eigenvalue weighted by Gasteiger charge is -2.22. The molecule has 0 radical (unpaired) electrons. The molecule has 0 saturated carbocycles. The fraction of sp³-hybridized carbons (Fsp3) is 0.615. The van der Waals surface area contributed by atoms with Gasteiger partial charge in [-0.05, 0) is 18.8 Å². The van der Waals surface area contributed by atoms with Gasteiger partial charge in [-0.25, -0.2) is 14.6 Å². The van der Waals surface area contributed by atoms with Crippen molar-refractivity contribution in [3.63, 3.8) is 0 Å². The highest BCUT2D eigenvalue weighted by atomic mass is 32.1. The Morgan fingerprint density at radius 1 is 1.55 bits per heavy atom. The fourth-order valence-corrected chi connectivity index (χ4v) is 3.01. The van der Waals surface area contributed by atoms with E-state index in [4.69, 9.17) is 5.11 Å². The highest BCUT2D eigenvalue weighted by Crippen LogP contribution is 2.29. The Morgan fingerprint density at radius 3 is 2.75 bits per heavy atom. The van der Waals surface area contributed by atoms with Crippen LogP contribution in [-0.2, 0) is 0 Å². The number of aromatic carboxylic acids is 1. The first-order chi connectivity index (χ1) is 9.28. The second-order valence-electron chi connectivity index (χ2n) is 5.88. The zero-order chi connectivity index (χ0) is 14.9. The van der Waals surface area contributed by atoms with Crippen LogP contribution in [0.5, 0.6) is 0 Å². The van der Waals surface area contributed by atoms with E-state index in [1.165, 1.54) is 16.7 Å². The van der Waals surface area contributed by atoms with Gasteiger partial charge in [0.1, 0.15) is 5.01 Å². The summed E-state index contributed by atoms with van der Waals surface area (Å²) in [6, 6.07) is -0.403. The van der Waals surface area contributed by atoms with E-state index < -0.39 is 5.97 Å². The number of thiazole rings is 1. The van der Waals surface area contributed by atoms with Gasteiger partial charge in [-0.3, -0.25) is 0 Å². The number of nitrogens with zero attached hydrogens (tertiary/aromatic N) is 2. The van der Waals surface area contributed by atoms with Gasteiger partial charge in [-0.1, -0.05) is 13.8 Å². The van der Waals surface area contributed by atoms with Gasteiger partial charge in [0, 0.05) is 18.5 Å². The molecule has 0 spiro atoms. The highest BCUT2D eigenvalue weighted by Gasteiger charge is 2.32. The van der Waals surface area contributed by atoms with E-state index >= 15 is 0 Å². The summed E-state index contributed by atoms with van der Waals surface area (Å²) < 4.78 is 0. The van der Waals surface area contributed by atoms with Gasteiger partial charge >= 0.3 is 12.0 Å². The van der Waals surface area contributed by atoms with Crippen molar-refractivity contribution in [3.8, 4) is 0 Å². The lowest BCUT2D eigenvalue weighted by molar-refractivity contribution is 0.0691. The van der Waals surface area contributed by atoms with Crippen LogP contribution < -0.4 is 5.32 Å². The first-order valence-electron chi connectivity index (χ1n) is 6.53. The first-order valence-corrected chi connectivity index (χ1v) is 7.41. The molecule has 1 aliphatic heterocycles. The minimum atomic E-state index is -1.05.